The van der Waals surface area contributed by atoms with Crippen molar-refractivity contribution in [3.05, 3.63) is 0 Å². The molecule has 3 aliphatic heterocycles. The molecule has 0 amide bonds. The quantitative estimate of drug-likeness (QED) is 0.0680. The second-order valence-electron chi connectivity index (χ2n) is 13.6. The highest BCUT2D eigenvalue weighted by atomic mass is 16.8. The number of ether oxygens (including phenoxy) is 5. The minimum absolute atomic E-state index is 0.0625. The first kappa shape index (κ1) is 37.6. The average molecular weight is 630 g/mol. The van der Waals surface area contributed by atoms with Gasteiger partial charge in [-0.1, -0.05) is 96.8 Å². The van der Waals surface area contributed by atoms with Crippen LogP contribution in [0.3, 0.4) is 0 Å². The molecule has 3 heterocycles. The van der Waals surface area contributed by atoms with Gasteiger partial charge in [0.05, 0.1) is 25.4 Å². The molecule has 10 nitrogen and oxygen atoms in total. The van der Waals surface area contributed by atoms with Crippen LogP contribution in [0, 0.1) is 0 Å². The molecule has 0 aromatic heterocycles. The van der Waals surface area contributed by atoms with Gasteiger partial charge in [-0.2, -0.15) is 0 Å². The SMILES string of the molecule is CCCCCCCCCCCCCCCCCC1=NC(C(CO)OC2(CC(C)O)CO2)(C(CO)OC2(CC(C)O)CO2)CO1. The van der Waals surface area contributed by atoms with Gasteiger partial charge in [-0.05, 0) is 20.3 Å². The predicted molar refractivity (Wildman–Crippen MR) is 170 cm³/mol. The van der Waals surface area contributed by atoms with Crippen LogP contribution in [0.2, 0.25) is 0 Å². The van der Waals surface area contributed by atoms with Crippen LogP contribution in [0.25, 0.3) is 0 Å². The molecule has 0 aromatic rings. The van der Waals surface area contributed by atoms with Crippen LogP contribution >= 0.6 is 0 Å². The molecule has 0 bridgehead atoms. The van der Waals surface area contributed by atoms with E-state index < -0.39 is 54.7 Å². The van der Waals surface area contributed by atoms with E-state index in [1.807, 2.05) is 0 Å². The van der Waals surface area contributed by atoms with Crippen molar-refractivity contribution in [2.24, 2.45) is 4.99 Å². The molecular formula is C34H63NO9. The molecule has 6 unspecified atom stereocenters. The number of epoxide rings is 2. The van der Waals surface area contributed by atoms with Gasteiger partial charge in [0.15, 0.2) is 23.0 Å². The highest BCUT2D eigenvalue weighted by molar-refractivity contribution is 5.78. The Hall–Kier alpha value is -0.850. The summed E-state index contributed by atoms with van der Waals surface area (Å²) in [5, 5.41) is 41.0. The van der Waals surface area contributed by atoms with Crippen LogP contribution in [-0.4, -0.2) is 101 Å². The van der Waals surface area contributed by atoms with Crippen molar-refractivity contribution in [1.82, 2.24) is 0 Å². The van der Waals surface area contributed by atoms with Gasteiger partial charge in [0.1, 0.15) is 32.0 Å². The van der Waals surface area contributed by atoms with Crippen molar-refractivity contribution in [1.29, 1.82) is 0 Å². The molecule has 0 aliphatic carbocycles. The first-order valence-corrected chi connectivity index (χ1v) is 17.6. The molecule has 258 valence electrons. The first-order chi connectivity index (χ1) is 21.2. The van der Waals surface area contributed by atoms with Crippen molar-refractivity contribution >= 4 is 5.90 Å². The fourth-order valence-corrected chi connectivity index (χ4v) is 6.45. The summed E-state index contributed by atoms with van der Waals surface area (Å²) in [6, 6.07) is 0. The summed E-state index contributed by atoms with van der Waals surface area (Å²) < 4.78 is 29.8. The lowest BCUT2D eigenvalue weighted by Crippen LogP contribution is -2.59. The summed E-state index contributed by atoms with van der Waals surface area (Å²) in [6.45, 7) is 5.42. The first-order valence-electron chi connectivity index (χ1n) is 17.6. The Morgan fingerprint density at radius 3 is 1.39 bits per heavy atom. The Morgan fingerprint density at radius 2 is 1.05 bits per heavy atom. The van der Waals surface area contributed by atoms with Crippen LogP contribution in [0.15, 0.2) is 4.99 Å². The Morgan fingerprint density at radius 1 is 0.659 bits per heavy atom. The predicted octanol–water partition coefficient (Wildman–Crippen LogP) is 5.17. The number of rotatable bonds is 28. The van der Waals surface area contributed by atoms with E-state index in [-0.39, 0.29) is 19.4 Å². The zero-order chi connectivity index (χ0) is 31.9. The van der Waals surface area contributed by atoms with Crippen molar-refractivity contribution < 1.29 is 44.1 Å². The van der Waals surface area contributed by atoms with Gasteiger partial charge in [0.2, 0.25) is 0 Å². The second-order valence-corrected chi connectivity index (χ2v) is 13.6. The van der Waals surface area contributed by atoms with E-state index in [1.165, 1.54) is 83.5 Å². The Labute approximate surface area is 265 Å². The smallest absolute Gasteiger partial charge is 0.195 e. The highest BCUT2D eigenvalue weighted by Gasteiger charge is 2.60. The van der Waals surface area contributed by atoms with Gasteiger partial charge in [-0.25, -0.2) is 4.99 Å². The van der Waals surface area contributed by atoms with Gasteiger partial charge in [0, 0.05) is 19.3 Å². The van der Waals surface area contributed by atoms with Crippen LogP contribution in [0.1, 0.15) is 136 Å². The molecule has 2 saturated heterocycles. The van der Waals surface area contributed by atoms with Crippen molar-refractivity contribution in [3.63, 3.8) is 0 Å². The van der Waals surface area contributed by atoms with Gasteiger partial charge >= 0.3 is 0 Å². The summed E-state index contributed by atoms with van der Waals surface area (Å²) >= 11 is 0. The third-order valence-electron chi connectivity index (χ3n) is 9.10. The third kappa shape index (κ3) is 12.4. The lowest BCUT2D eigenvalue weighted by molar-refractivity contribution is -0.200. The van der Waals surface area contributed by atoms with E-state index in [2.05, 4.69) is 6.92 Å². The number of hydrogen-bond donors (Lipinski definition) is 4. The molecule has 44 heavy (non-hydrogen) atoms. The van der Waals surface area contributed by atoms with Gasteiger partial charge < -0.3 is 44.1 Å². The van der Waals surface area contributed by atoms with Gasteiger partial charge in [-0.3, -0.25) is 0 Å². The molecule has 0 spiro atoms. The molecule has 10 heteroatoms. The largest absolute Gasteiger partial charge is 0.478 e. The molecule has 0 radical (unpaired) electrons. The molecule has 3 rings (SSSR count). The van der Waals surface area contributed by atoms with Gasteiger partial charge in [-0.15, -0.1) is 0 Å². The van der Waals surface area contributed by atoms with Crippen molar-refractivity contribution in [2.75, 3.05) is 33.0 Å². The van der Waals surface area contributed by atoms with E-state index in [0.717, 1.165) is 12.8 Å². The standard InChI is InChI=1S/C34H63NO9/c1-4-5-6-7-8-9-10-11-12-13-14-15-16-17-18-19-31-35-34(26-40-31,29(22-36)43-32(24-41-32)20-27(2)38)30(23-37)44-33(25-42-33)21-28(3)39/h27-30,36-39H,4-26H2,1-3H3. The zero-order valence-corrected chi connectivity index (χ0v) is 27.9. The summed E-state index contributed by atoms with van der Waals surface area (Å²) in [4.78, 5) is 4.94. The minimum atomic E-state index is -1.25. The lowest BCUT2D eigenvalue weighted by Gasteiger charge is -2.40. The molecule has 0 aromatic carbocycles. The normalized spacial score (nSPS) is 28.8. The number of aliphatic hydroxyl groups excluding tert-OH is 4. The molecular weight excluding hydrogens is 566 g/mol. The molecule has 2 fully saturated rings. The second kappa shape index (κ2) is 19.1. The third-order valence-corrected chi connectivity index (χ3v) is 9.10. The van der Waals surface area contributed by atoms with Gasteiger partial charge in [0.25, 0.3) is 0 Å². The number of unbranched alkanes of at least 4 members (excludes halogenated alkanes) is 14. The maximum absolute atomic E-state index is 10.5. The minimum Gasteiger partial charge on any atom is -0.478 e. The number of nitrogens with zero attached hydrogens (tertiary/aromatic N) is 1. The fraction of sp³-hybridized carbons (Fsp3) is 0.971. The van der Waals surface area contributed by atoms with Crippen molar-refractivity contribution in [2.45, 2.75) is 178 Å². The van der Waals surface area contributed by atoms with Crippen LogP contribution in [-0.2, 0) is 23.7 Å². The monoisotopic (exact) mass is 629 g/mol. The van der Waals surface area contributed by atoms with E-state index in [1.54, 1.807) is 13.8 Å². The lowest BCUT2D eigenvalue weighted by atomic mass is 9.87. The fourth-order valence-electron chi connectivity index (χ4n) is 6.45. The molecule has 0 saturated carbocycles. The summed E-state index contributed by atoms with van der Waals surface area (Å²) in [5.74, 6) is -1.48. The molecule has 3 aliphatic rings. The Bertz CT molecular complexity index is 777. The molecule has 4 N–H and O–H groups in total. The maximum Gasteiger partial charge on any atom is 0.195 e. The molecule has 6 atom stereocenters. The summed E-state index contributed by atoms with van der Waals surface area (Å²) in [5.41, 5.74) is -1.25. The van der Waals surface area contributed by atoms with E-state index in [0.29, 0.717) is 25.5 Å². The van der Waals surface area contributed by atoms with Crippen LogP contribution < -0.4 is 0 Å². The van der Waals surface area contributed by atoms with E-state index in [4.69, 9.17) is 28.7 Å². The number of hydrogen-bond acceptors (Lipinski definition) is 10. The summed E-state index contributed by atoms with van der Waals surface area (Å²) in [7, 11) is 0. The maximum atomic E-state index is 10.5. The van der Waals surface area contributed by atoms with E-state index in [9.17, 15) is 20.4 Å². The van der Waals surface area contributed by atoms with E-state index >= 15 is 0 Å². The number of aliphatic imine (C=N–C) groups is 1. The highest BCUT2D eigenvalue weighted by Crippen LogP contribution is 2.43. The van der Waals surface area contributed by atoms with Crippen LogP contribution in [0.5, 0.6) is 0 Å². The van der Waals surface area contributed by atoms with Crippen molar-refractivity contribution in [3.8, 4) is 0 Å². The average Bonchev–Trinajstić information content (AvgIpc) is 3.89. The zero-order valence-electron chi connectivity index (χ0n) is 27.9. The number of aliphatic hydroxyl groups is 4. The Balaban J connectivity index is 1.47. The topological polar surface area (TPSA) is 146 Å². The Kier molecular flexibility index (Phi) is 16.3. The summed E-state index contributed by atoms with van der Waals surface area (Å²) in [6.07, 6.45) is 17.4. The van der Waals surface area contributed by atoms with Crippen LogP contribution in [0.4, 0.5) is 0 Å².